The second-order valence-electron chi connectivity index (χ2n) is 6.50. The molecule has 0 bridgehead atoms. The first-order chi connectivity index (χ1) is 10.2. The second kappa shape index (κ2) is 6.28. The molecule has 5 heteroatoms. The predicted molar refractivity (Wildman–Crippen MR) is 85.8 cm³/mol. The van der Waals surface area contributed by atoms with E-state index >= 15 is 0 Å². The van der Waals surface area contributed by atoms with E-state index in [1.165, 1.54) is 18.5 Å². The van der Waals surface area contributed by atoms with E-state index in [2.05, 4.69) is 42.2 Å². The highest BCUT2D eigenvalue weighted by Gasteiger charge is 2.28. The SMILES string of the molecule is CCNc1cc(C2CC2)nc(CC2CN(C)CCN2C)n1. The molecule has 1 unspecified atom stereocenters. The van der Waals surface area contributed by atoms with Crippen molar-refractivity contribution in [3.8, 4) is 0 Å². The predicted octanol–water partition coefficient (Wildman–Crippen LogP) is 1.57. The van der Waals surface area contributed by atoms with Gasteiger partial charge in [0.2, 0.25) is 0 Å². The van der Waals surface area contributed by atoms with Gasteiger partial charge in [0, 0.05) is 56.3 Å². The van der Waals surface area contributed by atoms with Crippen molar-refractivity contribution >= 4 is 5.82 Å². The van der Waals surface area contributed by atoms with Crippen molar-refractivity contribution in [1.82, 2.24) is 19.8 Å². The molecular weight excluding hydrogens is 262 g/mol. The number of piperazine rings is 1. The number of hydrogen-bond acceptors (Lipinski definition) is 5. The maximum absolute atomic E-state index is 4.83. The molecule has 2 aliphatic rings. The molecule has 2 heterocycles. The van der Waals surface area contributed by atoms with Crippen LogP contribution in [0.1, 0.15) is 37.2 Å². The minimum atomic E-state index is 0.521. The third kappa shape index (κ3) is 3.71. The Morgan fingerprint density at radius 3 is 2.76 bits per heavy atom. The summed E-state index contributed by atoms with van der Waals surface area (Å²) in [4.78, 5) is 14.4. The first kappa shape index (κ1) is 14.7. The molecule has 1 saturated heterocycles. The van der Waals surface area contributed by atoms with Crippen LogP contribution in [0.5, 0.6) is 0 Å². The van der Waals surface area contributed by atoms with Gasteiger partial charge < -0.3 is 15.1 Å². The standard InChI is InChI=1S/C16H27N5/c1-4-17-15-10-14(12-5-6-12)18-16(19-15)9-13-11-20(2)7-8-21(13)3/h10,12-13H,4-9,11H2,1-3H3,(H,17,18,19). The number of hydrogen-bond donors (Lipinski definition) is 1. The summed E-state index contributed by atoms with van der Waals surface area (Å²) in [5.41, 5.74) is 1.24. The van der Waals surface area contributed by atoms with Gasteiger partial charge in [0.05, 0.1) is 0 Å². The molecule has 5 nitrogen and oxygen atoms in total. The fourth-order valence-corrected chi connectivity index (χ4v) is 3.00. The van der Waals surface area contributed by atoms with Crippen molar-refractivity contribution in [2.24, 2.45) is 0 Å². The van der Waals surface area contributed by atoms with Crippen LogP contribution in [0.15, 0.2) is 6.07 Å². The lowest BCUT2D eigenvalue weighted by Gasteiger charge is -2.37. The number of nitrogens with zero attached hydrogens (tertiary/aromatic N) is 4. The second-order valence-corrected chi connectivity index (χ2v) is 6.50. The molecule has 1 aromatic heterocycles. The number of nitrogens with one attached hydrogen (secondary N) is 1. The Hall–Kier alpha value is -1.20. The maximum atomic E-state index is 4.83. The molecule has 21 heavy (non-hydrogen) atoms. The number of aromatic nitrogens is 2. The van der Waals surface area contributed by atoms with Gasteiger partial charge in [-0.3, -0.25) is 0 Å². The normalized spacial score (nSPS) is 24.2. The van der Waals surface area contributed by atoms with E-state index in [1.54, 1.807) is 0 Å². The van der Waals surface area contributed by atoms with Crippen molar-refractivity contribution in [2.45, 2.75) is 38.1 Å². The highest BCUT2D eigenvalue weighted by molar-refractivity contribution is 5.38. The fraction of sp³-hybridized carbons (Fsp3) is 0.750. The molecule has 0 radical (unpaired) electrons. The quantitative estimate of drug-likeness (QED) is 0.891. The lowest BCUT2D eigenvalue weighted by Crippen LogP contribution is -2.51. The van der Waals surface area contributed by atoms with Gasteiger partial charge in [0.25, 0.3) is 0 Å². The topological polar surface area (TPSA) is 44.3 Å². The summed E-state index contributed by atoms with van der Waals surface area (Å²) < 4.78 is 0. The molecule has 1 aliphatic carbocycles. The van der Waals surface area contributed by atoms with Gasteiger partial charge in [0.15, 0.2) is 0 Å². The monoisotopic (exact) mass is 289 g/mol. The van der Waals surface area contributed by atoms with E-state index in [1.807, 2.05) is 0 Å². The third-order valence-corrected chi connectivity index (χ3v) is 4.54. The van der Waals surface area contributed by atoms with Crippen molar-refractivity contribution in [1.29, 1.82) is 0 Å². The zero-order valence-electron chi connectivity index (χ0n) is 13.5. The highest BCUT2D eigenvalue weighted by Crippen LogP contribution is 2.39. The first-order valence-electron chi connectivity index (χ1n) is 8.16. The van der Waals surface area contributed by atoms with E-state index < -0.39 is 0 Å². The maximum Gasteiger partial charge on any atom is 0.132 e. The van der Waals surface area contributed by atoms with Crippen LogP contribution in [0.4, 0.5) is 5.82 Å². The van der Waals surface area contributed by atoms with E-state index in [9.17, 15) is 0 Å². The van der Waals surface area contributed by atoms with Gasteiger partial charge in [-0.15, -0.1) is 0 Å². The number of rotatable bonds is 5. The third-order valence-electron chi connectivity index (χ3n) is 4.54. The molecule has 1 aromatic rings. The molecule has 1 atom stereocenters. The molecule has 116 valence electrons. The van der Waals surface area contributed by atoms with Crippen LogP contribution in [0.2, 0.25) is 0 Å². The molecule has 0 aromatic carbocycles. The molecule has 3 rings (SSSR count). The van der Waals surface area contributed by atoms with Gasteiger partial charge in [0.1, 0.15) is 11.6 Å². The van der Waals surface area contributed by atoms with E-state index in [0.29, 0.717) is 12.0 Å². The zero-order chi connectivity index (χ0) is 14.8. The van der Waals surface area contributed by atoms with Crippen molar-refractivity contribution in [2.75, 3.05) is 45.6 Å². The summed E-state index contributed by atoms with van der Waals surface area (Å²) in [6.45, 7) is 6.40. The zero-order valence-corrected chi connectivity index (χ0v) is 13.5. The smallest absolute Gasteiger partial charge is 0.132 e. The van der Waals surface area contributed by atoms with Crippen LogP contribution in [-0.2, 0) is 6.42 Å². The first-order valence-corrected chi connectivity index (χ1v) is 8.16. The fourth-order valence-electron chi connectivity index (χ4n) is 3.00. The highest BCUT2D eigenvalue weighted by atomic mass is 15.3. The molecule has 0 spiro atoms. The van der Waals surface area contributed by atoms with Gasteiger partial charge in [-0.1, -0.05) is 0 Å². The van der Waals surface area contributed by atoms with E-state index in [-0.39, 0.29) is 0 Å². The summed E-state index contributed by atoms with van der Waals surface area (Å²) >= 11 is 0. The van der Waals surface area contributed by atoms with E-state index in [0.717, 1.165) is 44.2 Å². The van der Waals surface area contributed by atoms with Gasteiger partial charge in [-0.25, -0.2) is 9.97 Å². The van der Waals surface area contributed by atoms with Crippen LogP contribution < -0.4 is 5.32 Å². The lowest BCUT2D eigenvalue weighted by atomic mass is 10.1. The number of anilines is 1. The Balaban J connectivity index is 1.76. The summed E-state index contributed by atoms with van der Waals surface area (Å²) in [6.07, 6.45) is 3.52. The van der Waals surface area contributed by atoms with Crippen molar-refractivity contribution < 1.29 is 0 Å². The Bertz CT molecular complexity index is 486. The molecule has 2 fully saturated rings. The van der Waals surface area contributed by atoms with Gasteiger partial charge in [-0.05, 0) is 33.9 Å². The summed E-state index contributed by atoms with van der Waals surface area (Å²) in [7, 11) is 4.42. The largest absolute Gasteiger partial charge is 0.370 e. The number of likely N-dealkylation sites (N-methyl/N-ethyl adjacent to an activating group) is 2. The Kier molecular flexibility index (Phi) is 4.40. The van der Waals surface area contributed by atoms with E-state index in [4.69, 9.17) is 9.97 Å². The van der Waals surface area contributed by atoms with Crippen molar-refractivity contribution in [3.63, 3.8) is 0 Å². The minimum Gasteiger partial charge on any atom is -0.370 e. The molecule has 1 saturated carbocycles. The van der Waals surface area contributed by atoms with Gasteiger partial charge >= 0.3 is 0 Å². The van der Waals surface area contributed by atoms with Crippen molar-refractivity contribution in [3.05, 3.63) is 17.6 Å². The average molecular weight is 289 g/mol. The van der Waals surface area contributed by atoms with Gasteiger partial charge in [-0.2, -0.15) is 0 Å². The van der Waals surface area contributed by atoms with Crippen LogP contribution in [0.25, 0.3) is 0 Å². The Morgan fingerprint density at radius 1 is 1.24 bits per heavy atom. The summed E-state index contributed by atoms with van der Waals surface area (Å²) in [5, 5.41) is 3.35. The molecule has 1 N–H and O–H groups in total. The molecule has 1 aliphatic heterocycles. The Labute approximate surface area is 127 Å². The molecule has 0 amide bonds. The van der Waals surface area contributed by atoms with Crippen LogP contribution in [0, 0.1) is 0 Å². The Morgan fingerprint density at radius 2 is 2.05 bits per heavy atom. The van der Waals surface area contributed by atoms with Crippen LogP contribution in [-0.4, -0.2) is 66.1 Å². The summed E-state index contributed by atoms with van der Waals surface area (Å²) in [5.74, 6) is 2.68. The van der Waals surface area contributed by atoms with Crippen LogP contribution >= 0.6 is 0 Å². The lowest BCUT2D eigenvalue weighted by molar-refractivity contribution is 0.113. The molecular formula is C16H27N5. The van der Waals surface area contributed by atoms with Crippen LogP contribution in [0.3, 0.4) is 0 Å². The average Bonchev–Trinajstić information content (AvgIpc) is 3.28. The summed E-state index contributed by atoms with van der Waals surface area (Å²) in [6, 6.07) is 2.66. The minimum absolute atomic E-state index is 0.521.